The summed E-state index contributed by atoms with van der Waals surface area (Å²) in [4.78, 5) is 11.6. The molecule has 0 saturated heterocycles. The van der Waals surface area contributed by atoms with Crippen molar-refractivity contribution < 1.29 is 23.4 Å². The third kappa shape index (κ3) is 4.84. The predicted octanol–water partition coefficient (Wildman–Crippen LogP) is -0.724. The van der Waals surface area contributed by atoms with Gasteiger partial charge in [-0.1, -0.05) is 6.07 Å². The zero-order chi connectivity index (χ0) is 15.2. The fourth-order valence-corrected chi connectivity index (χ4v) is 3.38. The molecule has 1 aromatic heterocycles. The third-order valence-electron chi connectivity index (χ3n) is 2.54. The summed E-state index contributed by atoms with van der Waals surface area (Å²) in [5, 5.41) is 22.1. The van der Waals surface area contributed by atoms with Crippen molar-refractivity contribution in [3.8, 4) is 0 Å². The Labute approximate surface area is 121 Å². The average Bonchev–Trinajstić information content (AvgIpc) is 2.93. The number of aliphatic hydroxyl groups is 2. The van der Waals surface area contributed by atoms with Gasteiger partial charge in [0.2, 0.25) is 15.9 Å². The number of thiophene rings is 1. The zero-order valence-corrected chi connectivity index (χ0v) is 12.6. The molecule has 1 heterocycles. The van der Waals surface area contributed by atoms with Crippen LogP contribution in [0.2, 0.25) is 0 Å². The first-order chi connectivity index (χ1) is 9.33. The fraction of sp³-hybridized carbons (Fsp3) is 0.545. The Bertz CT molecular complexity index is 523. The maximum Gasteiger partial charge on any atom is 0.250 e. The van der Waals surface area contributed by atoms with Crippen molar-refractivity contribution in [2.45, 2.75) is 23.1 Å². The minimum absolute atomic E-state index is 0.0565. The van der Waals surface area contributed by atoms with Gasteiger partial charge in [0.05, 0.1) is 18.8 Å². The van der Waals surface area contributed by atoms with Crippen molar-refractivity contribution in [3.63, 3.8) is 0 Å². The quantitative estimate of drug-likeness (QED) is 0.504. The van der Waals surface area contributed by atoms with Crippen LogP contribution >= 0.6 is 11.3 Å². The van der Waals surface area contributed by atoms with E-state index in [0.717, 1.165) is 11.3 Å². The minimum Gasteiger partial charge on any atom is -0.394 e. The summed E-state index contributed by atoms with van der Waals surface area (Å²) in [5.41, 5.74) is -1.11. The summed E-state index contributed by atoms with van der Waals surface area (Å²) >= 11 is 1.09. The summed E-state index contributed by atoms with van der Waals surface area (Å²) in [6.07, 6.45) is -0.0831. The summed E-state index contributed by atoms with van der Waals surface area (Å²) in [6.45, 7) is 0.617. The number of rotatable bonds is 8. The van der Waals surface area contributed by atoms with Gasteiger partial charge in [0.15, 0.2) is 0 Å². The highest BCUT2D eigenvalue weighted by Gasteiger charge is 2.24. The molecule has 0 atom stereocenters. The van der Waals surface area contributed by atoms with Crippen molar-refractivity contribution in [3.05, 3.63) is 17.5 Å². The fourth-order valence-electron chi connectivity index (χ4n) is 1.31. The lowest BCUT2D eigenvalue weighted by Gasteiger charge is -2.26. The lowest BCUT2D eigenvalue weighted by atomic mass is 10.1. The van der Waals surface area contributed by atoms with Gasteiger partial charge in [-0.25, -0.2) is 13.1 Å². The first-order valence-electron chi connectivity index (χ1n) is 5.89. The number of nitrogens with one attached hydrogen (secondary N) is 2. The number of carbonyl (C=O) groups excluding carboxylic acids is 1. The number of hydrogen-bond donors (Lipinski definition) is 4. The SMILES string of the molecule is CC(CO)(CO)NC(=O)CCNS(=O)(=O)c1cccs1. The Hall–Kier alpha value is -1.00. The second kappa shape index (κ2) is 7.14. The number of amides is 1. The molecule has 0 bridgehead atoms. The first-order valence-corrected chi connectivity index (χ1v) is 8.25. The molecular weight excluding hydrogens is 304 g/mol. The van der Waals surface area contributed by atoms with Crippen molar-refractivity contribution >= 4 is 27.3 Å². The summed E-state index contributed by atoms with van der Waals surface area (Å²) < 4.78 is 26.0. The molecule has 114 valence electrons. The van der Waals surface area contributed by atoms with Crippen LogP contribution in [-0.4, -0.2) is 49.8 Å². The van der Waals surface area contributed by atoms with Crippen LogP contribution in [0.4, 0.5) is 0 Å². The molecule has 1 aromatic rings. The highest BCUT2D eigenvalue weighted by molar-refractivity contribution is 7.91. The van der Waals surface area contributed by atoms with Crippen LogP contribution in [-0.2, 0) is 14.8 Å². The highest BCUT2D eigenvalue weighted by Crippen LogP contribution is 2.14. The molecule has 0 aromatic carbocycles. The van der Waals surface area contributed by atoms with E-state index in [1.54, 1.807) is 11.4 Å². The van der Waals surface area contributed by atoms with Crippen LogP contribution in [0.15, 0.2) is 21.7 Å². The number of carbonyl (C=O) groups is 1. The van der Waals surface area contributed by atoms with Crippen molar-refractivity contribution in [1.82, 2.24) is 10.0 Å². The molecule has 0 radical (unpaired) electrons. The molecule has 0 saturated carbocycles. The maximum atomic E-state index is 11.8. The molecule has 0 aliphatic heterocycles. The van der Waals surface area contributed by atoms with Crippen molar-refractivity contribution in [2.75, 3.05) is 19.8 Å². The van der Waals surface area contributed by atoms with Crippen LogP contribution in [0.3, 0.4) is 0 Å². The summed E-state index contributed by atoms with van der Waals surface area (Å²) in [5.74, 6) is -0.454. The molecule has 1 rings (SSSR count). The van der Waals surface area contributed by atoms with E-state index in [1.807, 2.05) is 0 Å². The molecule has 0 spiro atoms. The molecular formula is C11H18N2O5S2. The van der Waals surface area contributed by atoms with Crippen LogP contribution in [0.25, 0.3) is 0 Å². The summed E-state index contributed by atoms with van der Waals surface area (Å²) in [7, 11) is -3.58. The Kier molecular flexibility index (Phi) is 6.08. The molecule has 7 nitrogen and oxygen atoms in total. The van der Waals surface area contributed by atoms with Gasteiger partial charge in [-0.3, -0.25) is 4.79 Å². The Morgan fingerprint density at radius 2 is 2.05 bits per heavy atom. The largest absolute Gasteiger partial charge is 0.394 e. The maximum absolute atomic E-state index is 11.8. The van der Waals surface area contributed by atoms with Crippen molar-refractivity contribution in [1.29, 1.82) is 0 Å². The van der Waals surface area contributed by atoms with E-state index in [-0.39, 0.29) is 17.2 Å². The second-order valence-corrected chi connectivity index (χ2v) is 7.45. The Morgan fingerprint density at radius 1 is 1.40 bits per heavy atom. The number of aliphatic hydroxyl groups excluding tert-OH is 2. The first kappa shape index (κ1) is 17.1. The molecule has 20 heavy (non-hydrogen) atoms. The number of sulfonamides is 1. The van der Waals surface area contributed by atoms with Crippen LogP contribution in [0, 0.1) is 0 Å². The van der Waals surface area contributed by atoms with Crippen LogP contribution in [0.5, 0.6) is 0 Å². The molecule has 1 amide bonds. The van der Waals surface area contributed by atoms with Gasteiger partial charge in [-0.2, -0.15) is 0 Å². The standard InChI is InChI=1S/C11H18N2O5S2/c1-11(7-14,8-15)13-9(16)4-5-12-20(17,18)10-3-2-6-19-10/h2-3,6,12,14-15H,4-5,7-8H2,1H3,(H,13,16). The Balaban J connectivity index is 2.43. The second-order valence-electron chi connectivity index (χ2n) is 4.50. The van der Waals surface area contributed by atoms with Gasteiger partial charge in [-0.15, -0.1) is 11.3 Å². The smallest absolute Gasteiger partial charge is 0.250 e. The highest BCUT2D eigenvalue weighted by atomic mass is 32.2. The molecule has 4 N–H and O–H groups in total. The van der Waals surface area contributed by atoms with Gasteiger partial charge in [-0.05, 0) is 18.4 Å². The Morgan fingerprint density at radius 3 is 2.55 bits per heavy atom. The van der Waals surface area contributed by atoms with Crippen LogP contribution in [0.1, 0.15) is 13.3 Å². The van der Waals surface area contributed by atoms with E-state index in [4.69, 9.17) is 10.2 Å². The zero-order valence-electron chi connectivity index (χ0n) is 11.0. The van der Waals surface area contributed by atoms with E-state index in [0.29, 0.717) is 0 Å². The lowest BCUT2D eigenvalue weighted by Crippen LogP contribution is -2.52. The van der Waals surface area contributed by atoms with Crippen LogP contribution < -0.4 is 10.0 Å². The van der Waals surface area contributed by atoms with Crippen molar-refractivity contribution in [2.24, 2.45) is 0 Å². The molecule has 0 fully saturated rings. The van der Waals surface area contributed by atoms with E-state index in [1.165, 1.54) is 13.0 Å². The normalized spacial score (nSPS) is 12.3. The van der Waals surface area contributed by atoms with E-state index in [9.17, 15) is 13.2 Å². The lowest BCUT2D eigenvalue weighted by molar-refractivity contribution is -0.123. The molecule has 0 aliphatic carbocycles. The number of hydrogen-bond acceptors (Lipinski definition) is 6. The summed E-state index contributed by atoms with van der Waals surface area (Å²) in [6, 6.07) is 3.10. The van der Waals surface area contributed by atoms with Gasteiger partial charge >= 0.3 is 0 Å². The van der Waals surface area contributed by atoms with Gasteiger partial charge in [0.25, 0.3) is 0 Å². The molecule has 0 aliphatic rings. The van der Waals surface area contributed by atoms with Gasteiger partial charge < -0.3 is 15.5 Å². The predicted molar refractivity (Wildman–Crippen MR) is 74.8 cm³/mol. The van der Waals surface area contributed by atoms with E-state index < -0.39 is 34.7 Å². The van der Waals surface area contributed by atoms with Gasteiger partial charge in [0, 0.05) is 13.0 Å². The molecule has 9 heteroatoms. The van der Waals surface area contributed by atoms with E-state index in [2.05, 4.69) is 10.0 Å². The average molecular weight is 322 g/mol. The van der Waals surface area contributed by atoms with E-state index >= 15 is 0 Å². The topological polar surface area (TPSA) is 116 Å². The monoisotopic (exact) mass is 322 g/mol. The molecule has 0 unspecified atom stereocenters. The van der Waals surface area contributed by atoms with Gasteiger partial charge in [0.1, 0.15) is 4.21 Å². The third-order valence-corrected chi connectivity index (χ3v) is 5.40. The minimum atomic E-state index is -3.58.